The Bertz CT molecular complexity index is 600. The van der Waals surface area contributed by atoms with Crippen LogP contribution in [0.3, 0.4) is 0 Å². The lowest BCUT2D eigenvalue weighted by molar-refractivity contribution is 0.316. The molecule has 2 aromatic rings. The van der Waals surface area contributed by atoms with Gasteiger partial charge >= 0.3 is 0 Å². The first-order valence-corrected chi connectivity index (χ1v) is 7.46. The number of hydrogen-bond acceptors (Lipinski definition) is 2. The Labute approximate surface area is 126 Å². The highest BCUT2D eigenvalue weighted by atomic mass is 79.9. The molecule has 2 aromatic carbocycles. The number of anilines is 1. The fourth-order valence-corrected chi connectivity index (χ4v) is 2.78. The fourth-order valence-electron chi connectivity index (χ4n) is 2.44. The normalized spacial score (nSPS) is 17.8. The van der Waals surface area contributed by atoms with Crippen LogP contribution in [0.1, 0.15) is 24.4 Å². The molecule has 0 fully saturated rings. The fraction of sp³-hybridized carbons (Fsp3) is 0.250. The van der Waals surface area contributed by atoms with E-state index in [0.717, 1.165) is 40.9 Å². The first-order chi connectivity index (χ1) is 9.72. The maximum atomic E-state index is 13.0. The highest BCUT2D eigenvalue weighted by Gasteiger charge is 2.19. The van der Waals surface area contributed by atoms with E-state index < -0.39 is 0 Å². The molecule has 1 aliphatic heterocycles. The molecule has 3 rings (SSSR count). The lowest BCUT2D eigenvalue weighted by Crippen LogP contribution is -2.10. The van der Waals surface area contributed by atoms with E-state index >= 15 is 0 Å². The van der Waals surface area contributed by atoms with E-state index in [1.807, 2.05) is 12.1 Å². The second kappa shape index (κ2) is 5.83. The molecule has 104 valence electrons. The molecule has 1 atom stereocenters. The van der Waals surface area contributed by atoms with Crippen LogP contribution in [0.5, 0.6) is 5.75 Å². The van der Waals surface area contributed by atoms with Crippen LogP contribution in [0.15, 0.2) is 46.9 Å². The first-order valence-electron chi connectivity index (χ1n) is 6.67. The highest BCUT2D eigenvalue weighted by Crippen LogP contribution is 2.35. The summed E-state index contributed by atoms with van der Waals surface area (Å²) in [6.07, 6.45) is 1.98. The number of benzene rings is 2. The maximum absolute atomic E-state index is 13.0. The Morgan fingerprint density at radius 1 is 1.15 bits per heavy atom. The van der Waals surface area contributed by atoms with Crippen LogP contribution in [0.25, 0.3) is 0 Å². The summed E-state index contributed by atoms with van der Waals surface area (Å²) < 4.78 is 19.8. The van der Waals surface area contributed by atoms with Crippen LogP contribution in [0, 0.1) is 5.82 Å². The van der Waals surface area contributed by atoms with Gasteiger partial charge in [0.15, 0.2) is 0 Å². The van der Waals surface area contributed by atoms with Crippen molar-refractivity contribution in [1.29, 1.82) is 0 Å². The second-order valence-corrected chi connectivity index (χ2v) is 5.79. The summed E-state index contributed by atoms with van der Waals surface area (Å²) in [5.41, 5.74) is 2.07. The van der Waals surface area contributed by atoms with Crippen molar-refractivity contribution in [3.8, 4) is 5.75 Å². The average Bonchev–Trinajstić information content (AvgIpc) is 2.63. The first kappa shape index (κ1) is 13.4. The number of hydrogen-bond donors (Lipinski definition) is 1. The van der Waals surface area contributed by atoms with E-state index in [9.17, 15) is 4.39 Å². The van der Waals surface area contributed by atoms with Gasteiger partial charge in [0.1, 0.15) is 11.6 Å². The van der Waals surface area contributed by atoms with E-state index in [2.05, 4.69) is 27.3 Å². The number of nitrogens with one attached hydrogen (secondary N) is 1. The molecule has 0 bridgehead atoms. The molecule has 2 nitrogen and oxygen atoms in total. The summed E-state index contributed by atoms with van der Waals surface area (Å²) >= 11 is 3.47. The zero-order valence-electron chi connectivity index (χ0n) is 10.9. The van der Waals surface area contributed by atoms with Gasteiger partial charge in [0.2, 0.25) is 0 Å². The molecule has 20 heavy (non-hydrogen) atoms. The summed E-state index contributed by atoms with van der Waals surface area (Å²) in [5.74, 6) is 0.695. The minimum absolute atomic E-state index is 0.186. The van der Waals surface area contributed by atoms with E-state index in [1.54, 1.807) is 12.1 Å². The predicted molar refractivity (Wildman–Crippen MR) is 81.6 cm³/mol. The van der Waals surface area contributed by atoms with Crippen molar-refractivity contribution in [3.05, 3.63) is 58.3 Å². The van der Waals surface area contributed by atoms with Crippen molar-refractivity contribution in [2.75, 3.05) is 11.9 Å². The van der Waals surface area contributed by atoms with E-state index in [-0.39, 0.29) is 11.9 Å². The zero-order valence-corrected chi connectivity index (χ0v) is 12.5. The van der Waals surface area contributed by atoms with Crippen LogP contribution in [-0.4, -0.2) is 6.61 Å². The predicted octanol–water partition coefficient (Wildman–Crippen LogP) is 4.91. The van der Waals surface area contributed by atoms with Crippen molar-refractivity contribution >= 4 is 21.6 Å². The summed E-state index contributed by atoms with van der Waals surface area (Å²) in [6.45, 7) is 0.727. The van der Waals surface area contributed by atoms with Crippen LogP contribution < -0.4 is 10.1 Å². The third-order valence-corrected chi connectivity index (χ3v) is 3.92. The van der Waals surface area contributed by atoms with Crippen molar-refractivity contribution < 1.29 is 9.13 Å². The summed E-state index contributed by atoms with van der Waals surface area (Å²) in [4.78, 5) is 0. The third kappa shape index (κ3) is 2.96. The van der Waals surface area contributed by atoms with Crippen molar-refractivity contribution in [2.24, 2.45) is 0 Å². The van der Waals surface area contributed by atoms with Gasteiger partial charge in [-0.25, -0.2) is 4.39 Å². The minimum Gasteiger partial charge on any atom is -0.493 e. The highest BCUT2D eigenvalue weighted by molar-refractivity contribution is 9.10. The van der Waals surface area contributed by atoms with Gasteiger partial charge in [0.05, 0.1) is 12.6 Å². The summed E-state index contributed by atoms with van der Waals surface area (Å²) in [5, 5.41) is 3.46. The topological polar surface area (TPSA) is 21.3 Å². The quantitative estimate of drug-likeness (QED) is 0.841. The molecule has 0 saturated heterocycles. The number of halogens is 2. The molecule has 0 amide bonds. The zero-order chi connectivity index (χ0) is 13.9. The number of ether oxygens (including phenoxy) is 1. The van der Waals surface area contributed by atoms with Gasteiger partial charge in [0.25, 0.3) is 0 Å². The summed E-state index contributed by atoms with van der Waals surface area (Å²) in [7, 11) is 0. The number of fused-ring (bicyclic) bond motifs is 1. The van der Waals surface area contributed by atoms with Crippen molar-refractivity contribution in [3.63, 3.8) is 0 Å². The molecule has 0 radical (unpaired) electrons. The molecule has 0 saturated carbocycles. The molecule has 1 N–H and O–H groups in total. The Kier molecular flexibility index (Phi) is 3.92. The molecular formula is C16H15BrFNO. The van der Waals surface area contributed by atoms with Crippen LogP contribution in [0.2, 0.25) is 0 Å². The molecule has 0 aliphatic carbocycles. The lowest BCUT2D eigenvalue weighted by Gasteiger charge is -2.19. The lowest BCUT2D eigenvalue weighted by atomic mass is 10.0. The molecule has 0 aromatic heterocycles. The standard InChI is InChI=1S/C16H15BrFNO/c17-11-3-8-14-15(2-1-9-20-16(14)10-11)19-13-6-4-12(18)5-7-13/h3-8,10,15,19H,1-2,9H2. The molecule has 1 heterocycles. The van der Waals surface area contributed by atoms with Crippen LogP contribution in [-0.2, 0) is 0 Å². The van der Waals surface area contributed by atoms with Gasteiger partial charge in [-0.15, -0.1) is 0 Å². The van der Waals surface area contributed by atoms with Gasteiger partial charge in [-0.3, -0.25) is 0 Å². The molecule has 4 heteroatoms. The van der Waals surface area contributed by atoms with Gasteiger partial charge < -0.3 is 10.1 Å². The molecular weight excluding hydrogens is 321 g/mol. The smallest absolute Gasteiger partial charge is 0.125 e. The Morgan fingerprint density at radius 2 is 1.95 bits per heavy atom. The van der Waals surface area contributed by atoms with Gasteiger partial charge in [-0.1, -0.05) is 22.0 Å². The number of rotatable bonds is 2. The molecule has 0 spiro atoms. The SMILES string of the molecule is Fc1ccc(NC2CCCOc3cc(Br)ccc32)cc1. The van der Waals surface area contributed by atoms with Gasteiger partial charge in [-0.05, 0) is 49.2 Å². The van der Waals surface area contributed by atoms with E-state index in [4.69, 9.17) is 4.74 Å². The molecule has 1 unspecified atom stereocenters. The van der Waals surface area contributed by atoms with Crippen molar-refractivity contribution in [2.45, 2.75) is 18.9 Å². The monoisotopic (exact) mass is 335 g/mol. The van der Waals surface area contributed by atoms with Crippen LogP contribution in [0.4, 0.5) is 10.1 Å². The maximum Gasteiger partial charge on any atom is 0.125 e. The second-order valence-electron chi connectivity index (χ2n) is 4.88. The van der Waals surface area contributed by atoms with Crippen LogP contribution >= 0.6 is 15.9 Å². The summed E-state index contributed by atoms with van der Waals surface area (Å²) in [6, 6.07) is 12.7. The minimum atomic E-state index is -0.218. The van der Waals surface area contributed by atoms with Gasteiger partial charge in [-0.2, -0.15) is 0 Å². The Hall–Kier alpha value is -1.55. The van der Waals surface area contributed by atoms with E-state index in [0.29, 0.717) is 0 Å². The average molecular weight is 336 g/mol. The Morgan fingerprint density at radius 3 is 2.75 bits per heavy atom. The van der Waals surface area contributed by atoms with Crippen molar-refractivity contribution in [1.82, 2.24) is 0 Å². The largest absolute Gasteiger partial charge is 0.493 e. The Balaban J connectivity index is 1.88. The van der Waals surface area contributed by atoms with E-state index in [1.165, 1.54) is 12.1 Å². The third-order valence-electron chi connectivity index (χ3n) is 3.43. The van der Waals surface area contributed by atoms with Gasteiger partial charge in [0, 0.05) is 15.7 Å². The molecule has 1 aliphatic rings.